The number of thioether (sulfide) groups is 1. The Labute approximate surface area is 133 Å². The Balaban J connectivity index is 1.63. The molecule has 0 aromatic heterocycles. The molecule has 1 aliphatic heterocycles. The maximum Gasteiger partial charge on any atom is 0.240 e. The van der Waals surface area contributed by atoms with Gasteiger partial charge >= 0.3 is 0 Å². The molecule has 2 amide bonds. The topological polar surface area (TPSA) is 49.4 Å². The number of nitrogens with one attached hydrogen (secondary N) is 1. The Bertz CT molecular complexity index is 545. The third-order valence-corrected chi connectivity index (χ3v) is 5.00. The predicted octanol–water partition coefficient (Wildman–Crippen LogP) is 2.44. The van der Waals surface area contributed by atoms with Crippen LogP contribution in [0, 0.1) is 5.92 Å². The molecule has 0 spiro atoms. The van der Waals surface area contributed by atoms with Gasteiger partial charge in [0.15, 0.2) is 0 Å². The van der Waals surface area contributed by atoms with Crippen LogP contribution in [-0.2, 0) is 9.59 Å². The number of nitrogens with zero attached hydrogens (tertiary/aromatic N) is 1. The standard InChI is InChI=1S/C15H17ClN2O2S/c16-12-5-3-11(4-6-12)15(10-1-2-10)17-13(19)7-18-9-21-8-14(18)20/h3-6,10,15H,1-2,7-9H2,(H,17,19)/t15-/m0/s1. The van der Waals surface area contributed by atoms with Gasteiger partial charge in [-0.15, -0.1) is 11.8 Å². The fourth-order valence-corrected chi connectivity index (χ4v) is 3.54. The first-order valence-electron chi connectivity index (χ1n) is 7.04. The zero-order valence-electron chi connectivity index (χ0n) is 11.5. The minimum absolute atomic E-state index is 0.0279. The van der Waals surface area contributed by atoms with Crippen molar-refractivity contribution in [2.75, 3.05) is 18.2 Å². The number of hydrogen-bond donors (Lipinski definition) is 1. The van der Waals surface area contributed by atoms with Crippen LogP contribution in [0.25, 0.3) is 0 Å². The van der Waals surface area contributed by atoms with Crippen LogP contribution in [-0.4, -0.2) is 34.9 Å². The molecule has 1 saturated heterocycles. The van der Waals surface area contributed by atoms with Crippen LogP contribution >= 0.6 is 23.4 Å². The zero-order chi connectivity index (χ0) is 14.8. The Morgan fingerprint density at radius 3 is 2.67 bits per heavy atom. The van der Waals surface area contributed by atoms with Crippen LogP contribution in [0.3, 0.4) is 0 Å². The summed E-state index contributed by atoms with van der Waals surface area (Å²) in [6, 6.07) is 7.64. The summed E-state index contributed by atoms with van der Waals surface area (Å²) in [5, 5.41) is 3.77. The average Bonchev–Trinajstić information content (AvgIpc) is 3.23. The molecule has 1 saturated carbocycles. The van der Waals surface area contributed by atoms with E-state index in [0.29, 0.717) is 22.6 Å². The van der Waals surface area contributed by atoms with E-state index in [-0.39, 0.29) is 24.4 Å². The van der Waals surface area contributed by atoms with E-state index in [1.165, 1.54) is 0 Å². The molecule has 1 atom stereocenters. The first-order chi connectivity index (χ1) is 10.1. The summed E-state index contributed by atoms with van der Waals surface area (Å²) in [4.78, 5) is 25.3. The lowest BCUT2D eigenvalue weighted by molar-refractivity contribution is -0.132. The highest BCUT2D eigenvalue weighted by molar-refractivity contribution is 8.00. The molecule has 2 fully saturated rings. The molecule has 0 bridgehead atoms. The molecule has 0 unspecified atom stereocenters. The lowest BCUT2D eigenvalue weighted by Crippen LogP contribution is -2.40. The van der Waals surface area contributed by atoms with Gasteiger partial charge < -0.3 is 10.2 Å². The SMILES string of the molecule is O=C(CN1CSCC1=O)N[C@H](c1ccc(Cl)cc1)C1CC1. The van der Waals surface area contributed by atoms with Gasteiger partial charge in [0.05, 0.1) is 17.7 Å². The summed E-state index contributed by atoms with van der Waals surface area (Å²) in [6.07, 6.45) is 2.26. The van der Waals surface area contributed by atoms with Crippen LogP contribution < -0.4 is 5.32 Å². The van der Waals surface area contributed by atoms with Crippen LogP contribution in [0.4, 0.5) is 0 Å². The van der Waals surface area contributed by atoms with Gasteiger partial charge in [-0.1, -0.05) is 23.7 Å². The normalized spacial score (nSPS) is 19.7. The highest BCUT2D eigenvalue weighted by Crippen LogP contribution is 2.41. The predicted molar refractivity (Wildman–Crippen MR) is 84.1 cm³/mol. The van der Waals surface area contributed by atoms with Crippen molar-refractivity contribution in [2.24, 2.45) is 5.92 Å². The Kier molecular flexibility index (Phi) is 4.40. The molecule has 1 N–H and O–H groups in total. The molecule has 21 heavy (non-hydrogen) atoms. The van der Waals surface area contributed by atoms with Crippen molar-refractivity contribution < 1.29 is 9.59 Å². The summed E-state index contributed by atoms with van der Waals surface area (Å²) >= 11 is 7.46. The second kappa shape index (κ2) is 6.28. The van der Waals surface area contributed by atoms with Crippen molar-refractivity contribution in [2.45, 2.75) is 18.9 Å². The average molecular weight is 325 g/mol. The first kappa shape index (κ1) is 14.7. The molecule has 1 aliphatic carbocycles. The molecular weight excluding hydrogens is 308 g/mol. The van der Waals surface area contributed by atoms with Crippen molar-refractivity contribution in [1.29, 1.82) is 0 Å². The first-order valence-corrected chi connectivity index (χ1v) is 8.57. The molecule has 6 heteroatoms. The number of benzene rings is 1. The van der Waals surface area contributed by atoms with Gasteiger partial charge in [0.2, 0.25) is 11.8 Å². The second-order valence-corrected chi connectivity index (χ2v) is 6.89. The Morgan fingerprint density at radius 1 is 1.38 bits per heavy atom. The van der Waals surface area contributed by atoms with Crippen LogP contribution in [0.5, 0.6) is 0 Å². The van der Waals surface area contributed by atoms with Crippen molar-refractivity contribution in [1.82, 2.24) is 10.2 Å². The van der Waals surface area contributed by atoms with Crippen molar-refractivity contribution in [3.05, 3.63) is 34.9 Å². The fraction of sp³-hybridized carbons (Fsp3) is 0.467. The van der Waals surface area contributed by atoms with Crippen LogP contribution in [0.1, 0.15) is 24.4 Å². The minimum Gasteiger partial charge on any atom is -0.347 e. The summed E-state index contributed by atoms with van der Waals surface area (Å²) in [5.41, 5.74) is 1.08. The van der Waals surface area contributed by atoms with Gasteiger partial charge in [-0.05, 0) is 36.5 Å². The van der Waals surface area contributed by atoms with E-state index in [0.717, 1.165) is 18.4 Å². The van der Waals surface area contributed by atoms with Gasteiger partial charge in [-0.25, -0.2) is 0 Å². The highest BCUT2D eigenvalue weighted by atomic mass is 35.5. The van der Waals surface area contributed by atoms with Gasteiger partial charge in [-0.2, -0.15) is 0 Å². The van der Waals surface area contributed by atoms with Gasteiger partial charge in [0, 0.05) is 5.02 Å². The molecular formula is C15H17ClN2O2S. The summed E-state index contributed by atoms with van der Waals surface area (Å²) in [7, 11) is 0. The van der Waals surface area contributed by atoms with E-state index >= 15 is 0 Å². The molecule has 0 radical (unpaired) electrons. The minimum atomic E-state index is -0.0855. The van der Waals surface area contributed by atoms with E-state index in [4.69, 9.17) is 11.6 Å². The second-order valence-electron chi connectivity index (χ2n) is 5.50. The Morgan fingerprint density at radius 2 is 2.10 bits per heavy atom. The van der Waals surface area contributed by atoms with Crippen molar-refractivity contribution in [3.8, 4) is 0 Å². The largest absolute Gasteiger partial charge is 0.347 e. The molecule has 4 nitrogen and oxygen atoms in total. The number of carbonyl (C=O) groups is 2. The highest BCUT2D eigenvalue weighted by Gasteiger charge is 2.34. The molecule has 112 valence electrons. The zero-order valence-corrected chi connectivity index (χ0v) is 13.1. The van der Waals surface area contributed by atoms with E-state index in [1.807, 2.05) is 24.3 Å². The van der Waals surface area contributed by atoms with E-state index in [1.54, 1.807) is 16.7 Å². The number of carbonyl (C=O) groups excluding carboxylic acids is 2. The van der Waals surface area contributed by atoms with E-state index in [9.17, 15) is 9.59 Å². The number of amides is 2. The van der Waals surface area contributed by atoms with Crippen molar-refractivity contribution in [3.63, 3.8) is 0 Å². The van der Waals surface area contributed by atoms with Gasteiger partial charge in [0.1, 0.15) is 6.54 Å². The lowest BCUT2D eigenvalue weighted by Gasteiger charge is -2.21. The third kappa shape index (κ3) is 3.71. The van der Waals surface area contributed by atoms with Gasteiger partial charge in [-0.3, -0.25) is 9.59 Å². The van der Waals surface area contributed by atoms with Crippen molar-refractivity contribution >= 4 is 35.2 Å². The summed E-state index contributed by atoms with van der Waals surface area (Å²) < 4.78 is 0. The number of halogens is 1. The molecule has 1 aromatic rings. The number of rotatable bonds is 5. The maximum atomic E-state index is 12.2. The fourth-order valence-electron chi connectivity index (χ4n) is 2.51. The van der Waals surface area contributed by atoms with E-state index in [2.05, 4.69) is 5.32 Å². The van der Waals surface area contributed by atoms with Crippen LogP contribution in [0.15, 0.2) is 24.3 Å². The quantitative estimate of drug-likeness (QED) is 0.905. The van der Waals surface area contributed by atoms with Gasteiger partial charge in [0.25, 0.3) is 0 Å². The Hall–Kier alpha value is -1.20. The monoisotopic (exact) mass is 324 g/mol. The molecule has 3 rings (SSSR count). The molecule has 1 aromatic carbocycles. The lowest BCUT2D eigenvalue weighted by atomic mass is 10.0. The smallest absolute Gasteiger partial charge is 0.240 e. The molecule has 2 aliphatic rings. The summed E-state index contributed by atoms with van der Waals surface area (Å²) in [5.74, 6) is 1.55. The van der Waals surface area contributed by atoms with E-state index < -0.39 is 0 Å². The summed E-state index contributed by atoms with van der Waals surface area (Å²) in [6.45, 7) is 0.155. The van der Waals surface area contributed by atoms with Crippen LogP contribution in [0.2, 0.25) is 5.02 Å². The maximum absolute atomic E-state index is 12.2. The number of hydrogen-bond acceptors (Lipinski definition) is 3. The molecule has 1 heterocycles. The third-order valence-electron chi connectivity index (χ3n) is 3.80.